The first-order valence-corrected chi connectivity index (χ1v) is 4.70. The predicted molar refractivity (Wildman–Crippen MR) is 54.2 cm³/mol. The SMILES string of the molecule is CC(C)Oc1ccc(C(F)(F)N=C=O)cc1. The third-order valence-corrected chi connectivity index (χ3v) is 1.76. The summed E-state index contributed by atoms with van der Waals surface area (Å²) in [7, 11) is 0. The van der Waals surface area contributed by atoms with Crippen molar-refractivity contribution in [2.75, 3.05) is 0 Å². The van der Waals surface area contributed by atoms with Gasteiger partial charge in [0.25, 0.3) is 0 Å². The highest BCUT2D eigenvalue weighted by Gasteiger charge is 2.30. The van der Waals surface area contributed by atoms with E-state index in [1.807, 2.05) is 13.8 Å². The van der Waals surface area contributed by atoms with E-state index in [0.717, 1.165) is 6.08 Å². The van der Waals surface area contributed by atoms with Crippen LogP contribution in [-0.4, -0.2) is 12.2 Å². The first kappa shape index (κ1) is 12.3. The highest BCUT2D eigenvalue weighted by atomic mass is 19.3. The van der Waals surface area contributed by atoms with Gasteiger partial charge in [-0.15, -0.1) is 4.99 Å². The van der Waals surface area contributed by atoms with Gasteiger partial charge >= 0.3 is 6.05 Å². The normalized spacial score (nSPS) is 11.1. The number of nitrogens with zero attached hydrogens (tertiary/aromatic N) is 1. The monoisotopic (exact) mass is 227 g/mol. The lowest BCUT2D eigenvalue weighted by Gasteiger charge is -2.12. The molecule has 1 aromatic rings. The smallest absolute Gasteiger partial charge is 0.379 e. The summed E-state index contributed by atoms with van der Waals surface area (Å²) in [6.07, 6.45) is 0.819. The van der Waals surface area contributed by atoms with Crippen LogP contribution in [0.4, 0.5) is 8.78 Å². The van der Waals surface area contributed by atoms with Gasteiger partial charge < -0.3 is 4.74 Å². The van der Waals surface area contributed by atoms with Gasteiger partial charge in [-0.3, -0.25) is 0 Å². The quantitative estimate of drug-likeness (QED) is 0.450. The highest BCUT2D eigenvalue weighted by Crippen LogP contribution is 2.30. The van der Waals surface area contributed by atoms with Crippen molar-refractivity contribution in [2.24, 2.45) is 4.99 Å². The van der Waals surface area contributed by atoms with Gasteiger partial charge in [0.05, 0.1) is 6.10 Å². The van der Waals surface area contributed by atoms with Gasteiger partial charge in [0.15, 0.2) is 0 Å². The van der Waals surface area contributed by atoms with Gasteiger partial charge in [-0.2, -0.15) is 8.78 Å². The van der Waals surface area contributed by atoms with Gasteiger partial charge in [-0.1, -0.05) is 0 Å². The molecule has 1 aromatic carbocycles. The van der Waals surface area contributed by atoms with Crippen LogP contribution in [0.2, 0.25) is 0 Å². The van der Waals surface area contributed by atoms with Gasteiger partial charge in [-0.05, 0) is 38.1 Å². The summed E-state index contributed by atoms with van der Waals surface area (Å²) in [5.74, 6) is 0.490. The van der Waals surface area contributed by atoms with Crippen molar-refractivity contribution in [3.8, 4) is 5.75 Å². The van der Waals surface area contributed by atoms with E-state index in [0.29, 0.717) is 5.75 Å². The van der Waals surface area contributed by atoms with Crippen LogP contribution in [0.3, 0.4) is 0 Å². The molecule has 0 heterocycles. The van der Waals surface area contributed by atoms with E-state index in [2.05, 4.69) is 4.99 Å². The Morgan fingerprint density at radius 3 is 2.31 bits per heavy atom. The Morgan fingerprint density at radius 2 is 1.88 bits per heavy atom. The first-order valence-electron chi connectivity index (χ1n) is 4.70. The van der Waals surface area contributed by atoms with Crippen molar-refractivity contribution in [3.63, 3.8) is 0 Å². The molecule has 0 spiro atoms. The number of aliphatic imine (C=N–C) groups is 1. The van der Waals surface area contributed by atoms with Gasteiger partial charge in [0.2, 0.25) is 6.08 Å². The number of carbonyl (C=O) groups excluding carboxylic acids is 1. The molecule has 16 heavy (non-hydrogen) atoms. The number of halogens is 2. The van der Waals surface area contributed by atoms with Crippen LogP contribution in [0.25, 0.3) is 0 Å². The molecule has 0 bridgehead atoms. The number of hydrogen-bond donors (Lipinski definition) is 0. The summed E-state index contributed by atoms with van der Waals surface area (Å²) in [4.78, 5) is 12.2. The molecule has 0 fully saturated rings. The second-order valence-corrected chi connectivity index (χ2v) is 3.44. The van der Waals surface area contributed by atoms with Crippen LogP contribution in [-0.2, 0) is 10.8 Å². The van der Waals surface area contributed by atoms with E-state index >= 15 is 0 Å². The average Bonchev–Trinajstić information content (AvgIpc) is 2.17. The Labute approximate surface area is 91.8 Å². The largest absolute Gasteiger partial charge is 0.491 e. The van der Waals surface area contributed by atoms with E-state index in [4.69, 9.17) is 4.74 Å². The minimum atomic E-state index is -3.53. The van der Waals surface area contributed by atoms with Gasteiger partial charge in [0.1, 0.15) is 5.75 Å². The van der Waals surface area contributed by atoms with Crippen molar-refractivity contribution >= 4 is 6.08 Å². The number of hydrogen-bond acceptors (Lipinski definition) is 3. The van der Waals surface area contributed by atoms with Crippen LogP contribution in [0.1, 0.15) is 19.4 Å². The zero-order valence-electron chi connectivity index (χ0n) is 8.91. The topological polar surface area (TPSA) is 38.7 Å². The molecule has 0 saturated carbocycles. The minimum absolute atomic E-state index is 0.0284. The Balaban J connectivity index is 2.90. The van der Waals surface area contributed by atoms with Crippen molar-refractivity contribution in [2.45, 2.75) is 26.0 Å². The molecule has 0 atom stereocenters. The maximum atomic E-state index is 13.1. The zero-order chi connectivity index (χ0) is 12.2. The minimum Gasteiger partial charge on any atom is -0.491 e. The number of isocyanates is 1. The summed E-state index contributed by atoms with van der Waals surface area (Å²) in [6, 6.07) is 1.61. The molecule has 0 amide bonds. The van der Waals surface area contributed by atoms with Crippen molar-refractivity contribution < 1.29 is 18.3 Å². The fraction of sp³-hybridized carbons (Fsp3) is 0.364. The Kier molecular flexibility index (Phi) is 3.74. The molecule has 0 aliphatic carbocycles. The Hall–Kier alpha value is -1.74. The third kappa shape index (κ3) is 3.14. The van der Waals surface area contributed by atoms with Crippen LogP contribution >= 0.6 is 0 Å². The molecular weight excluding hydrogens is 216 g/mol. The second-order valence-electron chi connectivity index (χ2n) is 3.44. The van der Waals surface area contributed by atoms with Crippen molar-refractivity contribution in [1.82, 2.24) is 0 Å². The Bertz CT molecular complexity index is 395. The summed E-state index contributed by atoms with van der Waals surface area (Å²) >= 11 is 0. The number of ether oxygens (including phenoxy) is 1. The van der Waals surface area contributed by atoms with E-state index in [1.54, 1.807) is 0 Å². The summed E-state index contributed by atoms with van der Waals surface area (Å²) < 4.78 is 31.5. The first-order chi connectivity index (χ1) is 7.45. The van der Waals surface area contributed by atoms with Crippen LogP contribution in [0.15, 0.2) is 29.3 Å². The standard InChI is InChI=1S/C11H11F2NO2/c1-8(2)16-10-5-3-9(4-6-10)11(12,13)14-7-15/h3-6,8H,1-2H3. The molecule has 86 valence electrons. The van der Waals surface area contributed by atoms with Gasteiger partial charge in [0, 0.05) is 5.56 Å². The molecular formula is C11H11F2NO2. The molecule has 0 radical (unpaired) electrons. The molecule has 3 nitrogen and oxygen atoms in total. The molecule has 0 aromatic heterocycles. The second kappa shape index (κ2) is 4.86. The average molecular weight is 227 g/mol. The lowest BCUT2D eigenvalue weighted by atomic mass is 10.2. The van der Waals surface area contributed by atoms with Crippen molar-refractivity contribution in [1.29, 1.82) is 0 Å². The number of benzene rings is 1. The third-order valence-electron chi connectivity index (χ3n) is 1.76. The fourth-order valence-electron chi connectivity index (χ4n) is 1.13. The summed E-state index contributed by atoms with van der Waals surface area (Å²) in [5, 5.41) is 0. The molecule has 0 aliphatic heterocycles. The van der Waals surface area contributed by atoms with E-state index in [1.165, 1.54) is 24.3 Å². The lowest BCUT2D eigenvalue weighted by Crippen LogP contribution is -2.10. The van der Waals surface area contributed by atoms with Crippen LogP contribution < -0.4 is 4.74 Å². The van der Waals surface area contributed by atoms with Crippen LogP contribution in [0.5, 0.6) is 5.75 Å². The molecule has 0 unspecified atom stereocenters. The molecule has 0 aliphatic rings. The zero-order valence-corrected chi connectivity index (χ0v) is 8.91. The van der Waals surface area contributed by atoms with Gasteiger partial charge in [-0.25, -0.2) is 4.79 Å². The summed E-state index contributed by atoms with van der Waals surface area (Å²) in [5.41, 5.74) is -0.369. The summed E-state index contributed by atoms with van der Waals surface area (Å²) in [6.45, 7) is 3.67. The van der Waals surface area contributed by atoms with E-state index in [-0.39, 0.29) is 11.7 Å². The van der Waals surface area contributed by atoms with Crippen molar-refractivity contribution in [3.05, 3.63) is 29.8 Å². The predicted octanol–water partition coefficient (Wildman–Crippen LogP) is 2.86. The highest BCUT2D eigenvalue weighted by molar-refractivity contribution is 5.37. The molecule has 0 saturated heterocycles. The Morgan fingerprint density at radius 1 is 1.31 bits per heavy atom. The fourth-order valence-corrected chi connectivity index (χ4v) is 1.13. The maximum absolute atomic E-state index is 13.1. The lowest BCUT2D eigenvalue weighted by molar-refractivity contribution is 0.00612. The molecule has 5 heteroatoms. The van der Waals surface area contributed by atoms with E-state index < -0.39 is 6.05 Å². The van der Waals surface area contributed by atoms with Crippen LogP contribution in [0, 0.1) is 0 Å². The number of alkyl halides is 2. The molecule has 1 rings (SSSR count). The molecule has 0 N–H and O–H groups in total. The number of rotatable bonds is 4. The van der Waals surface area contributed by atoms with E-state index in [9.17, 15) is 13.6 Å². The maximum Gasteiger partial charge on any atom is 0.379 e.